The highest BCUT2D eigenvalue weighted by molar-refractivity contribution is 14.1. The number of hydrogen-bond donors (Lipinski definition) is 1. The maximum atomic E-state index is 12.6. The fourth-order valence-electron chi connectivity index (χ4n) is 4.98. The second-order valence-corrected chi connectivity index (χ2v) is 10.7. The van der Waals surface area contributed by atoms with Crippen LogP contribution in [0.3, 0.4) is 0 Å². The highest BCUT2D eigenvalue weighted by Crippen LogP contribution is 2.42. The quantitative estimate of drug-likeness (QED) is 0.170. The number of halogens is 1. The topological polar surface area (TPSA) is 73.3 Å². The third kappa shape index (κ3) is 5.08. The van der Waals surface area contributed by atoms with Crippen LogP contribution < -0.4 is 11.2 Å². The number of ether oxygens (including phenoxy) is 2. The van der Waals surface area contributed by atoms with E-state index in [9.17, 15) is 9.59 Å². The number of alkyl halides is 1. The molecule has 1 fully saturated rings. The molecule has 0 bridgehead atoms. The average Bonchev–Trinajstić information content (AvgIpc) is 3.31. The molecular formula is C30H29IN2O4. The van der Waals surface area contributed by atoms with Crippen LogP contribution in [0.25, 0.3) is 0 Å². The van der Waals surface area contributed by atoms with Gasteiger partial charge in [0.1, 0.15) is 11.8 Å². The van der Waals surface area contributed by atoms with Crippen LogP contribution in [0.15, 0.2) is 107 Å². The number of aryl methyl sites for hydroxylation is 1. The molecule has 1 aromatic heterocycles. The summed E-state index contributed by atoms with van der Waals surface area (Å²) in [5.41, 5.74) is 2.00. The summed E-state index contributed by atoms with van der Waals surface area (Å²) in [7, 11) is 0. The molecule has 1 saturated heterocycles. The van der Waals surface area contributed by atoms with Crippen LogP contribution in [0.4, 0.5) is 0 Å². The van der Waals surface area contributed by atoms with Gasteiger partial charge < -0.3 is 9.47 Å². The monoisotopic (exact) mass is 608 g/mol. The molecule has 1 aliphatic heterocycles. The van der Waals surface area contributed by atoms with Crippen LogP contribution in [0.1, 0.15) is 41.8 Å². The van der Waals surface area contributed by atoms with Gasteiger partial charge in [-0.25, -0.2) is 4.79 Å². The second kappa shape index (κ2) is 11.2. The second-order valence-electron chi connectivity index (χ2n) is 9.15. The summed E-state index contributed by atoms with van der Waals surface area (Å²) >= 11 is 2.38. The molecule has 1 N–H and O–H groups in total. The number of nitrogens with one attached hydrogen (secondary N) is 1. The molecule has 7 heteroatoms. The number of aromatic amines is 1. The lowest BCUT2D eigenvalue weighted by molar-refractivity contribution is -0.0759. The Labute approximate surface area is 229 Å². The van der Waals surface area contributed by atoms with Gasteiger partial charge in [-0.1, -0.05) is 121 Å². The van der Waals surface area contributed by atoms with Crippen molar-refractivity contribution in [3.8, 4) is 0 Å². The average molecular weight is 608 g/mol. The minimum absolute atomic E-state index is 0.117. The van der Waals surface area contributed by atoms with E-state index in [0.29, 0.717) is 25.0 Å². The van der Waals surface area contributed by atoms with Gasteiger partial charge in [-0.3, -0.25) is 14.3 Å². The molecule has 1 aliphatic rings. The molecule has 0 aliphatic carbocycles. The molecule has 37 heavy (non-hydrogen) atoms. The molecule has 0 radical (unpaired) electrons. The largest absolute Gasteiger partial charge is 0.358 e. The predicted molar refractivity (Wildman–Crippen MR) is 152 cm³/mol. The first-order valence-electron chi connectivity index (χ1n) is 12.5. The van der Waals surface area contributed by atoms with E-state index in [1.165, 1.54) is 4.57 Å². The lowest BCUT2D eigenvalue weighted by atomic mass is 9.80. The first-order chi connectivity index (χ1) is 18.0. The number of rotatable bonds is 8. The van der Waals surface area contributed by atoms with Crippen molar-refractivity contribution in [1.29, 1.82) is 0 Å². The van der Waals surface area contributed by atoms with Crippen molar-refractivity contribution in [2.24, 2.45) is 0 Å². The maximum absolute atomic E-state index is 12.6. The van der Waals surface area contributed by atoms with E-state index in [0.717, 1.165) is 16.7 Å². The molecular weight excluding hydrogens is 579 g/mol. The molecule has 5 rings (SSSR count). The first kappa shape index (κ1) is 25.6. The lowest BCUT2D eigenvalue weighted by Crippen LogP contribution is -2.37. The Hall–Kier alpha value is -3.01. The third-order valence-corrected chi connectivity index (χ3v) is 8.21. The molecule has 0 spiro atoms. The van der Waals surface area contributed by atoms with Crippen LogP contribution in [-0.2, 0) is 21.5 Å². The van der Waals surface area contributed by atoms with Crippen molar-refractivity contribution in [3.05, 3.63) is 140 Å². The van der Waals surface area contributed by atoms with Crippen molar-refractivity contribution in [3.63, 3.8) is 0 Å². The summed E-state index contributed by atoms with van der Waals surface area (Å²) < 4.78 is 15.0. The Balaban J connectivity index is 1.49. The van der Waals surface area contributed by atoms with Crippen LogP contribution in [0.5, 0.6) is 0 Å². The summed E-state index contributed by atoms with van der Waals surface area (Å²) in [6.45, 7) is 2.21. The molecule has 2 heterocycles. The van der Waals surface area contributed by atoms with Gasteiger partial charge in [0.05, 0.1) is 12.7 Å². The van der Waals surface area contributed by atoms with Gasteiger partial charge in [0.25, 0.3) is 5.56 Å². The SMILES string of the molecule is CCc1cn([C@H]2C[C@H](I)[C@@H](COC(c3ccccc3)(c3ccccc3)c3ccccc3)O2)c(=O)[nH]c1=O. The fourth-order valence-corrected chi connectivity index (χ4v) is 5.79. The van der Waals surface area contributed by atoms with E-state index >= 15 is 0 Å². The zero-order valence-corrected chi connectivity index (χ0v) is 22.7. The third-order valence-electron chi connectivity index (χ3n) is 6.90. The normalized spacial score (nSPS) is 19.7. The lowest BCUT2D eigenvalue weighted by Gasteiger charge is -2.37. The fraction of sp³-hybridized carbons (Fsp3) is 0.267. The van der Waals surface area contributed by atoms with Gasteiger partial charge in [0, 0.05) is 22.1 Å². The van der Waals surface area contributed by atoms with Gasteiger partial charge in [-0.2, -0.15) is 0 Å². The van der Waals surface area contributed by atoms with Gasteiger partial charge in [0.2, 0.25) is 0 Å². The van der Waals surface area contributed by atoms with E-state index in [-0.39, 0.29) is 15.6 Å². The van der Waals surface area contributed by atoms with Crippen molar-refractivity contribution < 1.29 is 9.47 Å². The van der Waals surface area contributed by atoms with Gasteiger partial charge in [-0.15, -0.1) is 0 Å². The number of H-pyrrole nitrogens is 1. The van der Waals surface area contributed by atoms with Crippen molar-refractivity contribution in [2.75, 3.05) is 6.61 Å². The molecule has 0 unspecified atom stereocenters. The summed E-state index contributed by atoms with van der Waals surface area (Å²) in [4.78, 5) is 27.1. The molecule has 0 saturated carbocycles. The van der Waals surface area contributed by atoms with Crippen molar-refractivity contribution in [1.82, 2.24) is 9.55 Å². The van der Waals surface area contributed by atoms with Crippen LogP contribution >= 0.6 is 22.6 Å². The summed E-state index contributed by atoms with van der Waals surface area (Å²) in [5, 5.41) is 0. The van der Waals surface area contributed by atoms with E-state index < -0.39 is 17.5 Å². The van der Waals surface area contributed by atoms with E-state index in [1.807, 2.05) is 61.5 Å². The predicted octanol–water partition coefficient (Wildman–Crippen LogP) is 5.20. The number of aromatic nitrogens is 2. The Morgan fingerprint density at radius 3 is 1.92 bits per heavy atom. The molecule has 3 atom stereocenters. The molecule has 3 aromatic carbocycles. The Kier molecular flexibility index (Phi) is 7.73. The van der Waals surface area contributed by atoms with Crippen molar-refractivity contribution in [2.45, 2.75) is 41.6 Å². The molecule has 0 amide bonds. The summed E-state index contributed by atoms with van der Waals surface area (Å²) in [5.74, 6) is 0. The number of nitrogens with zero attached hydrogens (tertiary/aromatic N) is 1. The van der Waals surface area contributed by atoms with E-state index in [1.54, 1.807) is 6.20 Å². The van der Waals surface area contributed by atoms with Gasteiger partial charge in [0.15, 0.2) is 0 Å². The Morgan fingerprint density at radius 1 is 0.919 bits per heavy atom. The highest BCUT2D eigenvalue weighted by Gasteiger charge is 2.41. The minimum atomic E-state index is -0.841. The van der Waals surface area contributed by atoms with Crippen LogP contribution in [0.2, 0.25) is 0 Å². The Bertz CT molecular complexity index is 1340. The smallest absolute Gasteiger partial charge is 0.330 e. The number of hydrogen-bond acceptors (Lipinski definition) is 4. The first-order valence-corrected chi connectivity index (χ1v) is 13.7. The maximum Gasteiger partial charge on any atom is 0.330 e. The zero-order chi connectivity index (χ0) is 25.8. The van der Waals surface area contributed by atoms with E-state index in [4.69, 9.17) is 9.47 Å². The standard InChI is InChI=1S/C30H29IN2O4/c1-2-21-19-33(29(35)32-28(21)34)27-18-25(31)26(37-27)20-36-30(22-12-6-3-7-13-22,23-14-8-4-9-15-23)24-16-10-5-11-17-24/h3-17,19,25-27H,2,18,20H2,1H3,(H,32,34,35)/t25-,26+,27+/m0/s1. The molecule has 6 nitrogen and oxygen atoms in total. The van der Waals surface area contributed by atoms with Crippen LogP contribution in [-0.4, -0.2) is 26.2 Å². The number of benzene rings is 3. The molecule has 190 valence electrons. The van der Waals surface area contributed by atoms with Gasteiger partial charge >= 0.3 is 5.69 Å². The Morgan fingerprint density at radius 2 is 1.43 bits per heavy atom. The van der Waals surface area contributed by atoms with Crippen LogP contribution in [0, 0.1) is 0 Å². The highest BCUT2D eigenvalue weighted by atomic mass is 127. The van der Waals surface area contributed by atoms with E-state index in [2.05, 4.69) is 64.0 Å². The zero-order valence-electron chi connectivity index (χ0n) is 20.5. The molecule has 4 aromatic rings. The van der Waals surface area contributed by atoms with Gasteiger partial charge in [-0.05, 0) is 23.1 Å². The van der Waals surface area contributed by atoms with Crippen molar-refractivity contribution >= 4 is 22.6 Å². The minimum Gasteiger partial charge on any atom is -0.358 e. The summed E-state index contributed by atoms with van der Waals surface area (Å²) in [6.07, 6.45) is 2.09. The summed E-state index contributed by atoms with van der Waals surface area (Å²) in [6, 6.07) is 30.7.